The highest BCUT2D eigenvalue weighted by Crippen LogP contribution is 2.25. The molecule has 2 aromatic heterocycles. The van der Waals surface area contributed by atoms with Crippen LogP contribution >= 0.6 is 0 Å². The standard InChI is InChI=1S/C22H22N2O5.C18H15NO3/c1-16(24-22(25)26)14-27-20-11-12-21(23-13-20)29-19-9-7-18(8-10-19)28-15-17-5-3-2-4-6-17;20-15-6-11-18(19-12-15)22-17-9-7-16(8-10-17)21-13-14-4-2-1-3-5-14/h2-13,16,24H,14-15H2,1H3,(H,25,26);1-12,20H,13H2/t16-;/m0./s1. The lowest BCUT2D eigenvalue weighted by molar-refractivity contribution is 0.183. The number of nitrogens with one attached hydrogen (secondary N) is 1. The van der Waals surface area contributed by atoms with Crippen LogP contribution in [-0.2, 0) is 13.2 Å². The molecule has 51 heavy (non-hydrogen) atoms. The smallest absolute Gasteiger partial charge is 0.404 e. The van der Waals surface area contributed by atoms with Crippen molar-refractivity contribution in [2.45, 2.75) is 26.2 Å². The minimum atomic E-state index is -1.08. The Morgan fingerprint density at radius 3 is 1.47 bits per heavy atom. The molecule has 2 heterocycles. The van der Waals surface area contributed by atoms with Gasteiger partial charge in [-0.3, -0.25) is 0 Å². The van der Waals surface area contributed by atoms with E-state index < -0.39 is 6.09 Å². The fourth-order valence-electron chi connectivity index (χ4n) is 4.35. The summed E-state index contributed by atoms with van der Waals surface area (Å²) in [6.45, 7) is 2.95. The molecular formula is C40H37N3O8. The average molecular weight is 688 g/mol. The van der Waals surface area contributed by atoms with E-state index in [2.05, 4.69) is 15.3 Å². The van der Waals surface area contributed by atoms with Gasteiger partial charge in [0.15, 0.2) is 0 Å². The van der Waals surface area contributed by atoms with Gasteiger partial charge in [-0.05, 0) is 78.7 Å². The zero-order valence-corrected chi connectivity index (χ0v) is 27.8. The molecule has 4 aromatic carbocycles. The van der Waals surface area contributed by atoms with Crippen LogP contribution in [0.15, 0.2) is 146 Å². The third-order valence-corrected chi connectivity index (χ3v) is 6.89. The SMILES string of the molecule is C[C@@H](COc1ccc(Oc2ccc(OCc3ccccc3)cc2)nc1)NC(=O)O.Oc1ccc(Oc2ccc(OCc3ccccc3)cc2)nc1. The Balaban J connectivity index is 0.000000205. The Hall–Kier alpha value is -6.75. The van der Waals surface area contributed by atoms with Gasteiger partial charge in [0.2, 0.25) is 11.8 Å². The van der Waals surface area contributed by atoms with Gasteiger partial charge in [-0.15, -0.1) is 0 Å². The van der Waals surface area contributed by atoms with E-state index >= 15 is 0 Å². The molecule has 260 valence electrons. The van der Waals surface area contributed by atoms with E-state index in [0.717, 1.165) is 22.6 Å². The van der Waals surface area contributed by atoms with Crippen LogP contribution in [0.5, 0.6) is 46.3 Å². The van der Waals surface area contributed by atoms with Gasteiger partial charge in [-0.25, -0.2) is 14.8 Å². The quantitative estimate of drug-likeness (QED) is 0.102. The summed E-state index contributed by atoms with van der Waals surface area (Å²) in [6, 6.07) is 40.8. The summed E-state index contributed by atoms with van der Waals surface area (Å²) in [6.07, 6.45) is 1.78. The van der Waals surface area contributed by atoms with E-state index in [0.29, 0.717) is 42.2 Å². The Morgan fingerprint density at radius 2 is 1.04 bits per heavy atom. The predicted octanol–water partition coefficient (Wildman–Crippen LogP) is 8.65. The highest BCUT2D eigenvalue weighted by molar-refractivity contribution is 5.64. The molecule has 1 amide bonds. The summed E-state index contributed by atoms with van der Waals surface area (Å²) < 4.78 is 28.2. The van der Waals surface area contributed by atoms with E-state index in [9.17, 15) is 9.90 Å². The molecule has 0 radical (unpaired) electrons. The van der Waals surface area contributed by atoms with Gasteiger partial charge in [0, 0.05) is 12.1 Å². The number of carboxylic acid groups (broad SMARTS) is 1. The molecule has 0 aliphatic rings. The van der Waals surface area contributed by atoms with E-state index in [1.165, 1.54) is 18.5 Å². The number of amides is 1. The van der Waals surface area contributed by atoms with Gasteiger partial charge >= 0.3 is 6.09 Å². The number of hydrogen-bond acceptors (Lipinski definition) is 9. The first-order valence-electron chi connectivity index (χ1n) is 16.0. The summed E-state index contributed by atoms with van der Waals surface area (Å²) in [7, 11) is 0. The molecule has 0 aliphatic carbocycles. The molecule has 0 bridgehead atoms. The van der Waals surface area contributed by atoms with Gasteiger partial charge in [-0.2, -0.15) is 0 Å². The van der Waals surface area contributed by atoms with Crippen molar-refractivity contribution in [1.29, 1.82) is 0 Å². The van der Waals surface area contributed by atoms with Crippen LogP contribution in [0.25, 0.3) is 0 Å². The maximum Gasteiger partial charge on any atom is 0.404 e. The number of hydrogen-bond donors (Lipinski definition) is 3. The van der Waals surface area contributed by atoms with Gasteiger partial charge in [0.25, 0.3) is 0 Å². The lowest BCUT2D eigenvalue weighted by atomic mass is 10.2. The Bertz CT molecular complexity index is 1890. The molecule has 1 atom stereocenters. The topological polar surface area (TPSA) is 141 Å². The number of pyridine rings is 2. The lowest BCUT2D eigenvalue weighted by Gasteiger charge is -2.13. The van der Waals surface area contributed by atoms with E-state index in [4.69, 9.17) is 28.8 Å². The summed E-state index contributed by atoms with van der Waals surface area (Å²) in [4.78, 5) is 18.7. The number of ether oxygens (including phenoxy) is 5. The molecular weight excluding hydrogens is 650 g/mol. The monoisotopic (exact) mass is 687 g/mol. The van der Waals surface area contributed by atoms with Crippen molar-refractivity contribution < 1.29 is 38.7 Å². The molecule has 0 saturated heterocycles. The zero-order chi connectivity index (χ0) is 35.7. The van der Waals surface area contributed by atoms with Crippen molar-refractivity contribution >= 4 is 6.09 Å². The van der Waals surface area contributed by atoms with Crippen LogP contribution in [-0.4, -0.2) is 38.9 Å². The molecule has 11 heteroatoms. The number of aromatic hydroxyl groups is 1. The molecule has 3 N–H and O–H groups in total. The first-order chi connectivity index (χ1) is 24.9. The Kier molecular flexibility index (Phi) is 13.0. The van der Waals surface area contributed by atoms with Crippen LogP contribution in [0.3, 0.4) is 0 Å². The molecule has 0 aliphatic heterocycles. The predicted molar refractivity (Wildman–Crippen MR) is 191 cm³/mol. The average Bonchev–Trinajstić information content (AvgIpc) is 3.16. The van der Waals surface area contributed by atoms with Gasteiger partial charge in [0.1, 0.15) is 54.3 Å². The zero-order valence-electron chi connectivity index (χ0n) is 27.8. The normalized spacial score (nSPS) is 10.8. The highest BCUT2D eigenvalue weighted by Gasteiger charge is 2.07. The molecule has 0 fully saturated rings. The largest absolute Gasteiger partial charge is 0.506 e. The Labute approximate surface area is 295 Å². The number of carbonyl (C=O) groups is 1. The van der Waals surface area contributed by atoms with Crippen LogP contribution < -0.4 is 29.0 Å². The first kappa shape index (κ1) is 35.6. The molecule has 0 spiro atoms. The number of benzene rings is 4. The molecule has 6 rings (SSSR count). The second-order valence-corrected chi connectivity index (χ2v) is 11.0. The van der Waals surface area contributed by atoms with Crippen molar-refractivity contribution in [2.24, 2.45) is 0 Å². The van der Waals surface area contributed by atoms with Gasteiger partial charge in [-0.1, -0.05) is 60.7 Å². The molecule has 0 unspecified atom stereocenters. The fourth-order valence-corrected chi connectivity index (χ4v) is 4.35. The van der Waals surface area contributed by atoms with Gasteiger partial charge in [0.05, 0.1) is 18.4 Å². The van der Waals surface area contributed by atoms with Crippen molar-refractivity contribution in [3.63, 3.8) is 0 Å². The van der Waals surface area contributed by atoms with Crippen LogP contribution in [0.2, 0.25) is 0 Å². The van der Waals surface area contributed by atoms with Crippen molar-refractivity contribution in [3.8, 4) is 46.3 Å². The second-order valence-electron chi connectivity index (χ2n) is 11.0. The van der Waals surface area contributed by atoms with E-state index in [1.54, 1.807) is 25.1 Å². The van der Waals surface area contributed by atoms with Gasteiger partial charge < -0.3 is 39.2 Å². The van der Waals surface area contributed by atoms with Crippen LogP contribution in [0.4, 0.5) is 4.79 Å². The number of nitrogens with zero attached hydrogens (tertiary/aromatic N) is 2. The van der Waals surface area contributed by atoms with Crippen molar-refractivity contribution in [3.05, 3.63) is 157 Å². The van der Waals surface area contributed by atoms with Crippen molar-refractivity contribution in [2.75, 3.05) is 6.61 Å². The number of aromatic nitrogens is 2. The minimum Gasteiger partial charge on any atom is -0.506 e. The van der Waals surface area contributed by atoms with Crippen LogP contribution in [0, 0.1) is 0 Å². The molecule has 6 aromatic rings. The minimum absolute atomic E-state index is 0.108. The summed E-state index contributed by atoms with van der Waals surface area (Å²) in [5.41, 5.74) is 2.23. The van der Waals surface area contributed by atoms with E-state index in [1.807, 2.05) is 109 Å². The maximum absolute atomic E-state index is 10.6. The maximum atomic E-state index is 10.6. The third-order valence-electron chi connectivity index (χ3n) is 6.89. The van der Waals surface area contributed by atoms with E-state index in [-0.39, 0.29) is 18.4 Å². The second kappa shape index (κ2) is 18.7. The third kappa shape index (κ3) is 12.7. The summed E-state index contributed by atoms with van der Waals surface area (Å²) in [5, 5.41) is 20.1. The number of rotatable bonds is 14. The first-order valence-corrected chi connectivity index (χ1v) is 16.0. The summed E-state index contributed by atoms with van der Waals surface area (Å²) >= 11 is 0. The molecule has 11 nitrogen and oxygen atoms in total. The van der Waals surface area contributed by atoms with Crippen molar-refractivity contribution in [1.82, 2.24) is 15.3 Å². The highest BCUT2D eigenvalue weighted by atomic mass is 16.5. The Morgan fingerprint density at radius 1 is 0.588 bits per heavy atom. The van der Waals surface area contributed by atoms with Crippen LogP contribution in [0.1, 0.15) is 18.1 Å². The summed E-state index contributed by atoms with van der Waals surface area (Å²) in [5.74, 6) is 4.31. The lowest BCUT2D eigenvalue weighted by Crippen LogP contribution is -2.35. The fraction of sp³-hybridized carbons (Fsp3) is 0.125. The molecule has 0 saturated carbocycles.